The molecule has 18 heavy (non-hydrogen) atoms. The van der Waals surface area contributed by atoms with Crippen molar-refractivity contribution in [3.05, 3.63) is 42.7 Å². The predicted octanol–water partition coefficient (Wildman–Crippen LogP) is 1.94. The summed E-state index contributed by atoms with van der Waals surface area (Å²) in [6.07, 6.45) is 4.04. The molecule has 0 fully saturated rings. The minimum atomic E-state index is 0.418. The van der Waals surface area contributed by atoms with E-state index in [-0.39, 0.29) is 0 Å². The highest BCUT2D eigenvalue weighted by molar-refractivity contribution is 5.54. The van der Waals surface area contributed by atoms with E-state index in [9.17, 15) is 0 Å². The fraction of sp³-hybridized carbons (Fsp3) is 0.231. The van der Waals surface area contributed by atoms with E-state index in [2.05, 4.69) is 15.3 Å². The van der Waals surface area contributed by atoms with Gasteiger partial charge in [-0.1, -0.05) is 18.2 Å². The van der Waals surface area contributed by atoms with Crippen LogP contribution in [0.25, 0.3) is 0 Å². The number of nitrogens with one attached hydrogen (secondary N) is 1. The smallest absolute Gasteiger partial charge is 0.168 e. The van der Waals surface area contributed by atoms with Crippen molar-refractivity contribution in [2.75, 3.05) is 24.2 Å². The van der Waals surface area contributed by atoms with E-state index in [4.69, 9.17) is 10.5 Å². The molecule has 1 aromatic heterocycles. The Morgan fingerprint density at radius 2 is 1.89 bits per heavy atom. The number of aromatic nitrogens is 2. The summed E-state index contributed by atoms with van der Waals surface area (Å²) >= 11 is 0. The van der Waals surface area contributed by atoms with E-state index >= 15 is 0 Å². The summed E-state index contributed by atoms with van der Waals surface area (Å²) < 4.78 is 5.57. The molecular weight excluding hydrogens is 228 g/mol. The zero-order valence-corrected chi connectivity index (χ0v) is 10.0. The van der Waals surface area contributed by atoms with Crippen molar-refractivity contribution in [1.82, 2.24) is 9.97 Å². The third-order valence-corrected chi connectivity index (χ3v) is 2.35. The van der Waals surface area contributed by atoms with E-state index in [0.717, 1.165) is 18.7 Å². The number of hydrogen-bond acceptors (Lipinski definition) is 5. The van der Waals surface area contributed by atoms with Crippen molar-refractivity contribution in [1.29, 1.82) is 0 Å². The normalized spacial score (nSPS) is 10.0. The van der Waals surface area contributed by atoms with Gasteiger partial charge in [-0.2, -0.15) is 0 Å². The van der Waals surface area contributed by atoms with E-state index in [0.29, 0.717) is 18.2 Å². The topological polar surface area (TPSA) is 73.1 Å². The Bertz CT molecular complexity index is 475. The number of benzene rings is 1. The molecule has 0 saturated heterocycles. The van der Waals surface area contributed by atoms with Gasteiger partial charge in [0.1, 0.15) is 5.75 Å². The van der Waals surface area contributed by atoms with Crippen LogP contribution in [0, 0.1) is 0 Å². The van der Waals surface area contributed by atoms with Crippen molar-refractivity contribution in [3.8, 4) is 5.75 Å². The Balaban J connectivity index is 1.66. The lowest BCUT2D eigenvalue weighted by molar-refractivity contribution is 0.315. The van der Waals surface area contributed by atoms with Crippen LogP contribution in [0.2, 0.25) is 0 Å². The Hall–Kier alpha value is -2.30. The van der Waals surface area contributed by atoms with Crippen molar-refractivity contribution in [2.24, 2.45) is 0 Å². The highest BCUT2D eigenvalue weighted by Crippen LogP contribution is 2.10. The molecule has 1 heterocycles. The van der Waals surface area contributed by atoms with Crippen LogP contribution in [-0.4, -0.2) is 23.1 Å². The number of nitrogens with two attached hydrogens (primary N) is 1. The molecule has 0 aliphatic heterocycles. The summed E-state index contributed by atoms with van der Waals surface area (Å²) in [5.74, 6) is 1.93. The van der Waals surface area contributed by atoms with E-state index < -0.39 is 0 Å². The molecule has 5 nitrogen and oxygen atoms in total. The van der Waals surface area contributed by atoms with Crippen LogP contribution < -0.4 is 15.8 Å². The molecule has 0 atom stereocenters. The lowest BCUT2D eigenvalue weighted by Crippen LogP contribution is -2.10. The largest absolute Gasteiger partial charge is 0.494 e. The molecule has 3 N–H and O–H groups in total. The zero-order valence-electron chi connectivity index (χ0n) is 10.0. The molecule has 2 aromatic rings. The van der Waals surface area contributed by atoms with E-state index in [1.807, 2.05) is 30.3 Å². The molecule has 0 aliphatic rings. The first-order valence-electron chi connectivity index (χ1n) is 5.84. The summed E-state index contributed by atoms with van der Waals surface area (Å²) in [6.45, 7) is 1.40. The Morgan fingerprint density at radius 3 is 2.67 bits per heavy atom. The number of nitrogens with zero attached hydrogens (tertiary/aromatic N) is 2. The van der Waals surface area contributed by atoms with Crippen molar-refractivity contribution in [3.63, 3.8) is 0 Å². The second kappa shape index (κ2) is 6.44. The van der Waals surface area contributed by atoms with Gasteiger partial charge in [0.05, 0.1) is 6.61 Å². The maximum absolute atomic E-state index is 5.66. The average Bonchev–Trinajstić information content (AvgIpc) is 2.42. The van der Waals surface area contributed by atoms with Crippen LogP contribution in [0.4, 0.5) is 11.6 Å². The number of nitrogen functional groups attached to an aromatic ring is 1. The van der Waals surface area contributed by atoms with E-state index in [1.54, 1.807) is 12.4 Å². The lowest BCUT2D eigenvalue weighted by atomic mass is 10.3. The first kappa shape index (κ1) is 12.2. The highest BCUT2D eigenvalue weighted by atomic mass is 16.5. The van der Waals surface area contributed by atoms with Crippen LogP contribution in [0.15, 0.2) is 42.7 Å². The first-order valence-corrected chi connectivity index (χ1v) is 5.84. The highest BCUT2D eigenvalue weighted by Gasteiger charge is 1.99. The third kappa shape index (κ3) is 3.62. The molecular formula is C13H16N4O. The number of rotatable bonds is 6. The fourth-order valence-corrected chi connectivity index (χ4v) is 1.47. The van der Waals surface area contributed by atoms with Gasteiger partial charge in [0.2, 0.25) is 0 Å². The Labute approximate surface area is 106 Å². The number of ether oxygens (including phenoxy) is 1. The molecule has 1 aromatic carbocycles. The summed E-state index contributed by atoms with van der Waals surface area (Å²) in [5.41, 5.74) is 5.66. The monoisotopic (exact) mass is 244 g/mol. The van der Waals surface area contributed by atoms with E-state index in [1.165, 1.54) is 0 Å². The van der Waals surface area contributed by atoms with Crippen LogP contribution in [0.1, 0.15) is 6.42 Å². The van der Waals surface area contributed by atoms with Gasteiger partial charge >= 0.3 is 0 Å². The van der Waals surface area contributed by atoms with Gasteiger partial charge in [-0.15, -0.1) is 0 Å². The minimum Gasteiger partial charge on any atom is -0.494 e. The molecule has 2 rings (SSSR count). The Kier molecular flexibility index (Phi) is 4.35. The van der Waals surface area contributed by atoms with Crippen LogP contribution >= 0.6 is 0 Å². The molecule has 0 radical (unpaired) electrons. The summed E-state index contributed by atoms with van der Waals surface area (Å²) in [4.78, 5) is 8.04. The van der Waals surface area contributed by atoms with Gasteiger partial charge in [-0.25, -0.2) is 9.97 Å². The second-order valence-electron chi connectivity index (χ2n) is 3.73. The number of para-hydroxylation sites is 1. The molecule has 94 valence electrons. The van der Waals surface area contributed by atoms with Crippen molar-refractivity contribution >= 4 is 11.6 Å². The molecule has 0 aliphatic carbocycles. The first-order chi connectivity index (χ1) is 8.86. The van der Waals surface area contributed by atoms with Gasteiger partial charge in [0, 0.05) is 18.9 Å². The molecule has 0 unspecified atom stereocenters. The SMILES string of the molecule is Nc1nccnc1NCCCOc1ccccc1. The molecule has 0 spiro atoms. The van der Waals surface area contributed by atoms with Gasteiger partial charge < -0.3 is 15.8 Å². The standard InChI is InChI=1S/C13H16N4O/c14-12-13(17-9-8-15-12)16-7-4-10-18-11-5-2-1-3-6-11/h1-3,5-6,8-9H,4,7,10H2,(H2,14,15)(H,16,17). The van der Waals surface area contributed by atoms with Crippen LogP contribution in [-0.2, 0) is 0 Å². The maximum atomic E-state index is 5.66. The summed E-state index contributed by atoms with van der Waals surface area (Å²) in [6, 6.07) is 9.75. The Morgan fingerprint density at radius 1 is 1.11 bits per heavy atom. The fourth-order valence-electron chi connectivity index (χ4n) is 1.47. The molecule has 0 saturated carbocycles. The molecule has 0 bridgehead atoms. The number of anilines is 2. The van der Waals surface area contributed by atoms with Gasteiger partial charge in [-0.3, -0.25) is 0 Å². The predicted molar refractivity (Wildman–Crippen MR) is 71.5 cm³/mol. The summed E-state index contributed by atoms with van der Waals surface area (Å²) in [7, 11) is 0. The van der Waals surface area contributed by atoms with Crippen molar-refractivity contribution < 1.29 is 4.74 Å². The molecule has 5 heteroatoms. The van der Waals surface area contributed by atoms with Crippen LogP contribution in [0.3, 0.4) is 0 Å². The van der Waals surface area contributed by atoms with Gasteiger partial charge in [0.15, 0.2) is 11.6 Å². The summed E-state index contributed by atoms with van der Waals surface area (Å²) in [5, 5.41) is 3.12. The quantitative estimate of drug-likeness (QED) is 0.760. The van der Waals surface area contributed by atoms with Crippen molar-refractivity contribution in [2.45, 2.75) is 6.42 Å². The second-order valence-corrected chi connectivity index (χ2v) is 3.73. The minimum absolute atomic E-state index is 0.418. The van der Waals surface area contributed by atoms with Gasteiger partial charge in [0.25, 0.3) is 0 Å². The zero-order chi connectivity index (χ0) is 12.6. The van der Waals surface area contributed by atoms with Gasteiger partial charge in [-0.05, 0) is 18.6 Å². The third-order valence-electron chi connectivity index (χ3n) is 2.35. The van der Waals surface area contributed by atoms with Crippen LogP contribution in [0.5, 0.6) is 5.75 Å². The maximum Gasteiger partial charge on any atom is 0.168 e. The molecule has 0 amide bonds. The lowest BCUT2D eigenvalue weighted by Gasteiger charge is -2.08. The average molecular weight is 244 g/mol. The number of hydrogen-bond donors (Lipinski definition) is 2.